The fourth-order valence-electron chi connectivity index (χ4n) is 4.41. The first-order valence-corrected chi connectivity index (χ1v) is 13.7. The molecule has 4 aromatic rings. The van der Waals surface area contributed by atoms with Gasteiger partial charge in [0.25, 0.3) is 0 Å². The zero-order valence-electron chi connectivity index (χ0n) is 23.2. The van der Waals surface area contributed by atoms with Gasteiger partial charge in [-0.1, -0.05) is 125 Å². The maximum absolute atomic E-state index is 3.12. The lowest BCUT2D eigenvalue weighted by atomic mass is 9.93. The van der Waals surface area contributed by atoms with Crippen molar-refractivity contribution in [3.8, 4) is 33.4 Å². The van der Waals surface area contributed by atoms with Crippen LogP contribution in [-0.2, 0) is 5.16 Å². The molecule has 1 aliphatic carbocycles. The van der Waals surface area contributed by atoms with E-state index in [1.165, 1.54) is 55.6 Å². The van der Waals surface area contributed by atoms with E-state index in [-0.39, 0.29) is 5.16 Å². The predicted octanol–water partition coefficient (Wildman–Crippen LogP) is 10.8. The summed E-state index contributed by atoms with van der Waals surface area (Å²) in [6.45, 7) is 18.6. The van der Waals surface area contributed by atoms with Gasteiger partial charge in [0.1, 0.15) is 0 Å². The van der Waals surface area contributed by atoms with Gasteiger partial charge in [-0.05, 0) is 77.4 Å². The minimum absolute atomic E-state index is 0.0912. The summed E-state index contributed by atoms with van der Waals surface area (Å²) in [5, 5.41) is -0.0912. The van der Waals surface area contributed by atoms with Crippen molar-refractivity contribution in [3.63, 3.8) is 0 Å². The molecule has 0 spiro atoms. The number of rotatable bonds is 2. The summed E-state index contributed by atoms with van der Waals surface area (Å²) in [6.07, 6.45) is 0. The zero-order chi connectivity index (χ0) is 26.2. The molecule has 0 nitrogen and oxygen atoms in total. The SMILES string of the molecule is CC.CC.CC.Cc1ccc(-c2ccc3c(c2)C(C)(P)c2cc(-c4ccc(C)cc4)ccc2-3)cc1. The molecule has 0 aliphatic heterocycles. The second-order valence-electron chi connectivity index (χ2n) is 8.46. The van der Waals surface area contributed by atoms with Gasteiger partial charge < -0.3 is 0 Å². The Bertz CT molecular complexity index is 1120. The highest BCUT2D eigenvalue weighted by molar-refractivity contribution is 7.19. The lowest BCUT2D eigenvalue weighted by molar-refractivity contribution is 0.870. The highest BCUT2D eigenvalue weighted by atomic mass is 31.0. The molecule has 0 aromatic heterocycles. The lowest BCUT2D eigenvalue weighted by Crippen LogP contribution is -2.10. The molecule has 184 valence electrons. The van der Waals surface area contributed by atoms with Crippen molar-refractivity contribution in [2.24, 2.45) is 0 Å². The number of hydrogen-bond acceptors (Lipinski definition) is 0. The second-order valence-corrected chi connectivity index (χ2v) is 9.61. The molecule has 1 atom stereocenters. The van der Waals surface area contributed by atoms with Gasteiger partial charge in [0.05, 0.1) is 0 Å². The summed E-state index contributed by atoms with van der Waals surface area (Å²) in [4.78, 5) is 0. The molecule has 1 heteroatoms. The molecule has 35 heavy (non-hydrogen) atoms. The lowest BCUT2D eigenvalue weighted by Gasteiger charge is -2.22. The quantitative estimate of drug-likeness (QED) is 0.249. The molecule has 5 rings (SSSR count). The molecule has 0 amide bonds. The molecular formula is C34H43P. The van der Waals surface area contributed by atoms with Crippen molar-refractivity contribution in [1.29, 1.82) is 0 Å². The summed E-state index contributed by atoms with van der Waals surface area (Å²) >= 11 is 0. The van der Waals surface area contributed by atoms with Gasteiger partial charge >= 0.3 is 0 Å². The standard InChI is InChI=1S/C28H25P.3C2H6/c1-18-4-8-20(9-5-18)22-12-14-24-25-15-13-23(21-10-6-19(2)7-11-21)17-27(25)28(3,29)26(24)16-22;3*1-2/h4-17H,29H2,1-3H3;3*1-2H3. The summed E-state index contributed by atoms with van der Waals surface area (Å²) in [5.74, 6) is 0. The summed E-state index contributed by atoms with van der Waals surface area (Å²) in [7, 11) is 3.12. The van der Waals surface area contributed by atoms with Gasteiger partial charge in [-0.15, -0.1) is 9.24 Å². The van der Waals surface area contributed by atoms with E-state index >= 15 is 0 Å². The Balaban J connectivity index is 0.000000671. The van der Waals surface area contributed by atoms with Crippen LogP contribution >= 0.6 is 9.24 Å². The zero-order valence-corrected chi connectivity index (χ0v) is 24.3. The molecule has 0 fully saturated rings. The third kappa shape index (κ3) is 5.94. The minimum atomic E-state index is -0.0912. The first-order valence-electron chi connectivity index (χ1n) is 13.2. The largest absolute Gasteiger partial charge is 0.122 e. The fourth-order valence-corrected chi connectivity index (χ4v) is 4.89. The monoisotopic (exact) mass is 482 g/mol. The Morgan fingerprint density at radius 2 is 0.743 bits per heavy atom. The summed E-state index contributed by atoms with van der Waals surface area (Å²) in [6, 6.07) is 31.5. The minimum Gasteiger partial charge on any atom is -0.122 e. The van der Waals surface area contributed by atoms with Crippen LogP contribution in [0.2, 0.25) is 0 Å². The fraction of sp³-hybridized carbons (Fsp3) is 0.294. The predicted molar refractivity (Wildman–Crippen MR) is 162 cm³/mol. The topological polar surface area (TPSA) is 0 Å². The molecule has 0 heterocycles. The number of fused-ring (bicyclic) bond motifs is 3. The van der Waals surface area contributed by atoms with Crippen molar-refractivity contribution in [2.75, 3.05) is 0 Å². The van der Waals surface area contributed by atoms with Gasteiger partial charge in [-0.2, -0.15) is 0 Å². The van der Waals surface area contributed by atoms with Crippen LogP contribution in [-0.4, -0.2) is 0 Å². The van der Waals surface area contributed by atoms with Crippen LogP contribution < -0.4 is 0 Å². The van der Waals surface area contributed by atoms with Gasteiger partial charge in [0, 0.05) is 5.16 Å². The number of hydrogen-bond donors (Lipinski definition) is 0. The van der Waals surface area contributed by atoms with Crippen LogP contribution in [0.1, 0.15) is 70.7 Å². The van der Waals surface area contributed by atoms with E-state index in [1.807, 2.05) is 41.5 Å². The normalized spacial score (nSPS) is 11.9. The van der Waals surface area contributed by atoms with E-state index in [1.54, 1.807) is 0 Å². The molecule has 0 saturated carbocycles. The van der Waals surface area contributed by atoms with Crippen molar-refractivity contribution in [1.82, 2.24) is 0 Å². The third-order valence-electron chi connectivity index (χ3n) is 6.22. The summed E-state index contributed by atoms with van der Waals surface area (Å²) in [5.41, 5.74) is 13.2. The van der Waals surface area contributed by atoms with Crippen LogP contribution in [0.15, 0.2) is 84.9 Å². The average molecular weight is 483 g/mol. The van der Waals surface area contributed by atoms with Gasteiger partial charge in [-0.25, -0.2) is 0 Å². The average Bonchev–Trinajstić information content (AvgIpc) is 3.14. The Hall–Kier alpha value is -2.69. The molecule has 1 aliphatic rings. The first kappa shape index (κ1) is 28.5. The maximum atomic E-state index is 3.12. The van der Waals surface area contributed by atoms with E-state index < -0.39 is 0 Å². The number of benzene rings is 4. The van der Waals surface area contributed by atoms with Crippen LogP contribution in [0.3, 0.4) is 0 Å². The molecule has 0 saturated heterocycles. The van der Waals surface area contributed by atoms with Gasteiger partial charge in [-0.3, -0.25) is 0 Å². The van der Waals surface area contributed by atoms with E-state index in [9.17, 15) is 0 Å². The van der Waals surface area contributed by atoms with Crippen LogP contribution in [0.5, 0.6) is 0 Å². The van der Waals surface area contributed by atoms with Crippen molar-refractivity contribution in [2.45, 2.75) is 67.5 Å². The first-order chi connectivity index (χ1) is 16.9. The highest BCUT2D eigenvalue weighted by Gasteiger charge is 2.36. The van der Waals surface area contributed by atoms with Crippen LogP contribution in [0, 0.1) is 13.8 Å². The van der Waals surface area contributed by atoms with Crippen molar-refractivity contribution in [3.05, 3.63) is 107 Å². The summed E-state index contributed by atoms with van der Waals surface area (Å²) < 4.78 is 0. The Kier molecular flexibility index (Phi) is 10.5. The highest BCUT2D eigenvalue weighted by Crippen LogP contribution is 2.54. The Morgan fingerprint density at radius 3 is 1.06 bits per heavy atom. The molecule has 0 N–H and O–H groups in total. The molecule has 4 aromatic carbocycles. The molecule has 0 bridgehead atoms. The smallest absolute Gasteiger partial charge is 0.0329 e. The molecule has 0 radical (unpaired) electrons. The molecular weight excluding hydrogens is 439 g/mol. The third-order valence-corrected chi connectivity index (χ3v) is 6.84. The van der Waals surface area contributed by atoms with E-state index in [4.69, 9.17) is 0 Å². The van der Waals surface area contributed by atoms with Crippen LogP contribution in [0.4, 0.5) is 0 Å². The second kappa shape index (κ2) is 12.9. The number of aryl methyl sites for hydroxylation is 2. The van der Waals surface area contributed by atoms with Crippen molar-refractivity contribution >= 4 is 9.24 Å². The van der Waals surface area contributed by atoms with E-state index in [2.05, 4.69) is 115 Å². The molecule has 1 unspecified atom stereocenters. The Labute approximate surface area is 217 Å². The van der Waals surface area contributed by atoms with Gasteiger partial charge in [0.15, 0.2) is 0 Å². The Morgan fingerprint density at radius 1 is 0.457 bits per heavy atom. The van der Waals surface area contributed by atoms with Gasteiger partial charge in [0.2, 0.25) is 0 Å². The van der Waals surface area contributed by atoms with Crippen molar-refractivity contribution < 1.29 is 0 Å². The van der Waals surface area contributed by atoms with E-state index in [0.29, 0.717) is 0 Å². The maximum Gasteiger partial charge on any atom is 0.0329 e. The van der Waals surface area contributed by atoms with E-state index in [0.717, 1.165) is 0 Å². The van der Waals surface area contributed by atoms with Crippen LogP contribution in [0.25, 0.3) is 33.4 Å².